The van der Waals surface area contributed by atoms with E-state index in [0.717, 1.165) is 15.4 Å². The van der Waals surface area contributed by atoms with Gasteiger partial charge in [-0.05, 0) is 30.3 Å². The summed E-state index contributed by atoms with van der Waals surface area (Å²) in [6.45, 7) is -0.343. The van der Waals surface area contributed by atoms with Crippen molar-refractivity contribution in [2.24, 2.45) is 0 Å². The molecule has 0 aliphatic carbocycles. The highest BCUT2D eigenvalue weighted by Gasteiger charge is 2.33. The summed E-state index contributed by atoms with van der Waals surface area (Å²) in [5, 5.41) is 2.22. The van der Waals surface area contributed by atoms with Gasteiger partial charge in [0, 0.05) is 16.4 Å². The van der Waals surface area contributed by atoms with Gasteiger partial charge in [-0.2, -0.15) is 13.2 Å². The van der Waals surface area contributed by atoms with Crippen molar-refractivity contribution in [3.8, 4) is 0 Å². The SMILES string of the molecule is CN(CC(=O)Nc1ccccc1C(F)(F)F)C(=O)CSc1cccc(Br)c1. The highest BCUT2D eigenvalue weighted by molar-refractivity contribution is 9.10. The topological polar surface area (TPSA) is 49.4 Å². The van der Waals surface area contributed by atoms with Crippen molar-refractivity contribution < 1.29 is 22.8 Å². The summed E-state index contributed by atoms with van der Waals surface area (Å²) >= 11 is 4.65. The lowest BCUT2D eigenvalue weighted by molar-refractivity contribution is -0.137. The number of halogens is 4. The van der Waals surface area contributed by atoms with E-state index in [2.05, 4.69) is 21.2 Å². The number of nitrogens with zero attached hydrogens (tertiary/aromatic N) is 1. The minimum Gasteiger partial charge on any atom is -0.336 e. The third kappa shape index (κ3) is 6.59. The number of benzene rings is 2. The smallest absolute Gasteiger partial charge is 0.336 e. The molecule has 1 N–H and O–H groups in total. The number of hydrogen-bond acceptors (Lipinski definition) is 3. The number of alkyl halides is 3. The molecule has 0 unspecified atom stereocenters. The van der Waals surface area contributed by atoms with Crippen LogP contribution < -0.4 is 5.32 Å². The van der Waals surface area contributed by atoms with Gasteiger partial charge in [0.2, 0.25) is 11.8 Å². The van der Waals surface area contributed by atoms with E-state index < -0.39 is 17.6 Å². The third-order valence-corrected chi connectivity index (χ3v) is 4.94. The summed E-state index contributed by atoms with van der Waals surface area (Å²) in [5.41, 5.74) is -1.27. The first kappa shape index (κ1) is 21.3. The number of carbonyl (C=O) groups excluding carboxylic acids is 2. The lowest BCUT2D eigenvalue weighted by Crippen LogP contribution is -2.36. The van der Waals surface area contributed by atoms with Gasteiger partial charge in [0.15, 0.2) is 0 Å². The molecule has 0 fully saturated rings. The van der Waals surface area contributed by atoms with Gasteiger partial charge in [-0.15, -0.1) is 11.8 Å². The minimum absolute atomic E-state index is 0.110. The van der Waals surface area contributed by atoms with E-state index in [1.54, 1.807) is 0 Å². The van der Waals surface area contributed by atoms with Gasteiger partial charge in [0.1, 0.15) is 0 Å². The average molecular weight is 461 g/mol. The maximum absolute atomic E-state index is 13.0. The lowest BCUT2D eigenvalue weighted by Gasteiger charge is -2.18. The van der Waals surface area contributed by atoms with Gasteiger partial charge in [0.25, 0.3) is 0 Å². The molecule has 0 aliphatic heterocycles. The van der Waals surface area contributed by atoms with E-state index in [0.29, 0.717) is 0 Å². The van der Waals surface area contributed by atoms with E-state index in [-0.39, 0.29) is 23.9 Å². The molecule has 0 atom stereocenters. The fourth-order valence-electron chi connectivity index (χ4n) is 2.14. The van der Waals surface area contributed by atoms with Gasteiger partial charge < -0.3 is 10.2 Å². The number of anilines is 1. The number of nitrogens with one attached hydrogen (secondary N) is 1. The molecule has 0 heterocycles. The summed E-state index contributed by atoms with van der Waals surface area (Å²) in [6, 6.07) is 12.1. The van der Waals surface area contributed by atoms with Crippen LogP contribution in [-0.4, -0.2) is 36.1 Å². The lowest BCUT2D eigenvalue weighted by atomic mass is 10.1. The molecule has 144 valence electrons. The number of thioether (sulfide) groups is 1. The van der Waals surface area contributed by atoms with Crippen molar-refractivity contribution in [3.05, 3.63) is 58.6 Å². The maximum atomic E-state index is 13.0. The van der Waals surface area contributed by atoms with Gasteiger partial charge in [-0.25, -0.2) is 0 Å². The fraction of sp³-hybridized carbons (Fsp3) is 0.222. The molecule has 2 aromatic rings. The highest BCUT2D eigenvalue weighted by Crippen LogP contribution is 2.34. The standard InChI is InChI=1S/C18H16BrF3N2O2S/c1-24(17(26)11-27-13-6-4-5-12(19)9-13)10-16(25)23-15-8-3-2-7-14(15)18(20,21)22/h2-9H,10-11H2,1H3,(H,23,25). The summed E-state index contributed by atoms with van der Waals surface area (Å²) in [5.74, 6) is -0.895. The molecule has 9 heteroatoms. The second-order valence-corrected chi connectivity index (χ2v) is 7.55. The first-order valence-corrected chi connectivity index (χ1v) is 9.53. The van der Waals surface area contributed by atoms with E-state index in [1.807, 2.05) is 24.3 Å². The van der Waals surface area contributed by atoms with Crippen molar-refractivity contribution >= 4 is 45.2 Å². The molecule has 0 saturated carbocycles. The Hall–Kier alpha value is -2.00. The summed E-state index contributed by atoms with van der Waals surface area (Å²) in [7, 11) is 1.43. The Morgan fingerprint density at radius 3 is 2.52 bits per heavy atom. The minimum atomic E-state index is -4.58. The molecule has 0 bridgehead atoms. The van der Waals surface area contributed by atoms with Gasteiger partial charge >= 0.3 is 6.18 Å². The summed E-state index contributed by atoms with van der Waals surface area (Å²) < 4.78 is 39.8. The molecule has 0 saturated heterocycles. The molecular weight excluding hydrogens is 445 g/mol. The van der Waals surface area contributed by atoms with E-state index >= 15 is 0 Å². The number of para-hydroxylation sites is 1. The molecule has 0 aromatic heterocycles. The van der Waals surface area contributed by atoms with Crippen LogP contribution in [0.5, 0.6) is 0 Å². The average Bonchev–Trinajstić information content (AvgIpc) is 2.59. The van der Waals surface area contributed by atoms with Crippen molar-refractivity contribution in [1.82, 2.24) is 4.90 Å². The van der Waals surface area contributed by atoms with E-state index in [1.165, 1.54) is 41.9 Å². The summed E-state index contributed by atoms with van der Waals surface area (Å²) in [6.07, 6.45) is -4.58. The van der Waals surface area contributed by atoms with E-state index in [9.17, 15) is 22.8 Å². The Kier molecular flexibility index (Phi) is 7.32. The Labute approximate surface area is 167 Å². The molecule has 0 spiro atoms. The second-order valence-electron chi connectivity index (χ2n) is 5.59. The van der Waals surface area contributed by atoms with Crippen LogP contribution in [-0.2, 0) is 15.8 Å². The van der Waals surface area contributed by atoms with Crippen LogP contribution in [0.15, 0.2) is 57.9 Å². The van der Waals surface area contributed by atoms with Crippen molar-refractivity contribution in [2.75, 3.05) is 24.7 Å². The Balaban J connectivity index is 1.91. The van der Waals surface area contributed by atoms with Crippen molar-refractivity contribution in [1.29, 1.82) is 0 Å². The first-order chi connectivity index (χ1) is 12.7. The molecule has 0 radical (unpaired) electrons. The third-order valence-electron chi connectivity index (χ3n) is 3.47. The molecule has 4 nitrogen and oxygen atoms in total. The highest BCUT2D eigenvalue weighted by atomic mass is 79.9. The summed E-state index contributed by atoms with van der Waals surface area (Å²) in [4.78, 5) is 26.2. The maximum Gasteiger partial charge on any atom is 0.418 e. The van der Waals surface area contributed by atoms with Gasteiger partial charge in [0.05, 0.1) is 23.5 Å². The molecule has 27 heavy (non-hydrogen) atoms. The zero-order valence-electron chi connectivity index (χ0n) is 14.2. The monoisotopic (exact) mass is 460 g/mol. The zero-order chi connectivity index (χ0) is 20.0. The first-order valence-electron chi connectivity index (χ1n) is 7.75. The van der Waals surface area contributed by atoms with Crippen molar-refractivity contribution in [2.45, 2.75) is 11.1 Å². The predicted octanol–water partition coefficient (Wildman–Crippen LogP) is 4.66. The molecule has 2 amide bonds. The number of likely N-dealkylation sites (N-methyl/N-ethyl adjacent to an activating group) is 1. The largest absolute Gasteiger partial charge is 0.418 e. The predicted molar refractivity (Wildman–Crippen MR) is 103 cm³/mol. The van der Waals surface area contributed by atoms with Gasteiger partial charge in [-0.3, -0.25) is 9.59 Å². The second kappa shape index (κ2) is 9.27. The molecular formula is C18H16BrF3N2O2S. The number of carbonyl (C=O) groups is 2. The zero-order valence-corrected chi connectivity index (χ0v) is 16.6. The quantitative estimate of drug-likeness (QED) is 0.637. The molecule has 2 aromatic carbocycles. The van der Waals surface area contributed by atoms with Crippen LogP contribution in [0, 0.1) is 0 Å². The van der Waals surface area contributed by atoms with Crippen LogP contribution in [0.4, 0.5) is 18.9 Å². The van der Waals surface area contributed by atoms with Crippen LogP contribution >= 0.6 is 27.7 Å². The molecule has 0 aliphatic rings. The normalized spacial score (nSPS) is 11.1. The van der Waals surface area contributed by atoms with Crippen molar-refractivity contribution in [3.63, 3.8) is 0 Å². The van der Waals surface area contributed by atoms with Crippen LogP contribution in [0.1, 0.15) is 5.56 Å². The molecule has 2 rings (SSSR count). The number of rotatable bonds is 6. The van der Waals surface area contributed by atoms with Gasteiger partial charge in [-0.1, -0.05) is 34.1 Å². The van der Waals surface area contributed by atoms with Crippen LogP contribution in [0.2, 0.25) is 0 Å². The fourth-order valence-corrected chi connectivity index (χ4v) is 3.59. The van der Waals surface area contributed by atoms with Crippen LogP contribution in [0.25, 0.3) is 0 Å². The number of hydrogen-bond donors (Lipinski definition) is 1. The number of amides is 2. The van der Waals surface area contributed by atoms with E-state index in [4.69, 9.17) is 0 Å². The van der Waals surface area contributed by atoms with Crippen LogP contribution in [0.3, 0.4) is 0 Å². The Morgan fingerprint density at radius 2 is 1.85 bits per heavy atom. The Morgan fingerprint density at radius 1 is 1.15 bits per heavy atom. The Bertz CT molecular complexity index is 830.